The molecule has 0 aliphatic rings. The fourth-order valence-electron chi connectivity index (χ4n) is 5.29. The van der Waals surface area contributed by atoms with E-state index in [4.69, 9.17) is 24.3 Å². The highest BCUT2D eigenvalue weighted by Gasteiger charge is 2.24. The Kier molecular flexibility index (Phi) is 37.2. The monoisotopic (exact) mass is 726 g/mol. The summed E-state index contributed by atoms with van der Waals surface area (Å²) in [7, 11) is -4.27. The first-order valence-corrected chi connectivity index (χ1v) is 21.7. The molecule has 0 spiro atoms. The van der Waals surface area contributed by atoms with Gasteiger partial charge in [0.1, 0.15) is 6.61 Å². The van der Waals surface area contributed by atoms with Crippen LogP contribution < -0.4 is 5.73 Å². The van der Waals surface area contributed by atoms with E-state index in [1.54, 1.807) is 6.26 Å². The minimum atomic E-state index is -4.27. The van der Waals surface area contributed by atoms with Crippen LogP contribution in [0.25, 0.3) is 0 Å². The molecule has 0 radical (unpaired) electrons. The van der Waals surface area contributed by atoms with Gasteiger partial charge in [0.15, 0.2) is 6.10 Å². The summed E-state index contributed by atoms with van der Waals surface area (Å²) in [4.78, 5) is 22.2. The Bertz CT molecular complexity index is 905. The molecule has 2 atom stereocenters. The topological polar surface area (TPSA) is 117 Å². The van der Waals surface area contributed by atoms with Gasteiger partial charge in [-0.25, -0.2) is 4.57 Å². The maximum atomic E-state index is 12.3. The molecule has 9 heteroatoms. The third-order valence-electron chi connectivity index (χ3n) is 8.34. The van der Waals surface area contributed by atoms with Gasteiger partial charge in [0.05, 0.1) is 19.5 Å². The maximum absolute atomic E-state index is 12.3. The first-order valence-electron chi connectivity index (χ1n) is 20.2. The zero-order valence-corrected chi connectivity index (χ0v) is 33.0. The molecule has 0 aliphatic carbocycles. The van der Waals surface area contributed by atoms with Crippen molar-refractivity contribution >= 4 is 13.8 Å². The van der Waals surface area contributed by atoms with E-state index < -0.39 is 13.9 Å². The molecule has 8 nitrogen and oxygen atoms in total. The highest BCUT2D eigenvalue weighted by molar-refractivity contribution is 7.47. The van der Waals surface area contributed by atoms with E-state index in [1.807, 2.05) is 6.08 Å². The molecule has 0 fully saturated rings. The van der Waals surface area contributed by atoms with Gasteiger partial charge in [0.25, 0.3) is 0 Å². The number of allylic oxidation sites excluding steroid dienone is 7. The lowest BCUT2D eigenvalue weighted by molar-refractivity contribution is -0.147. The third kappa shape index (κ3) is 37.6. The SMILES string of the molecule is CCCCCCCC/C=C\C/C=C\C/C=C\CCCC(=O)OC[C@H](COP(=O)(O)OCCN)O/C=C\CCCCCCCCCCCCCC. The molecule has 0 aromatic rings. The number of carbonyl (C=O) groups excluding carboxylic acids is 1. The van der Waals surface area contributed by atoms with E-state index in [0.29, 0.717) is 6.42 Å². The number of nitrogens with two attached hydrogens (primary N) is 1. The lowest BCUT2D eigenvalue weighted by Gasteiger charge is -2.19. The number of rotatable bonds is 38. The summed E-state index contributed by atoms with van der Waals surface area (Å²) in [5.41, 5.74) is 5.35. The summed E-state index contributed by atoms with van der Waals surface area (Å²) in [6.07, 6.45) is 45.2. The average molecular weight is 726 g/mol. The van der Waals surface area contributed by atoms with Gasteiger partial charge in [-0.2, -0.15) is 0 Å². The summed E-state index contributed by atoms with van der Waals surface area (Å²) < 4.78 is 33.1. The van der Waals surface area contributed by atoms with Crippen LogP contribution in [0, 0.1) is 0 Å². The second kappa shape index (κ2) is 38.5. The number of phosphoric ester groups is 1. The van der Waals surface area contributed by atoms with Crippen LogP contribution in [0.15, 0.2) is 48.8 Å². The largest absolute Gasteiger partial charge is 0.492 e. The molecule has 3 N–H and O–H groups in total. The van der Waals surface area contributed by atoms with E-state index in [-0.39, 0.29) is 38.8 Å². The Morgan fingerprint density at radius 2 is 1.08 bits per heavy atom. The van der Waals surface area contributed by atoms with Crippen molar-refractivity contribution in [1.29, 1.82) is 0 Å². The molecule has 0 saturated heterocycles. The minimum Gasteiger partial charge on any atom is -0.492 e. The van der Waals surface area contributed by atoms with Crippen molar-refractivity contribution in [2.45, 2.75) is 180 Å². The van der Waals surface area contributed by atoms with E-state index >= 15 is 0 Å². The number of phosphoric acid groups is 1. The molecule has 0 amide bonds. The fraction of sp³-hybridized carbons (Fsp3) is 0.780. The standard InChI is InChI=1S/C41H76NO7P/c1-3-5-7-9-11-13-15-17-19-20-21-22-24-26-28-30-32-34-41(43)47-38-40(39-49-50(44,45)48-37-35-42)46-36-33-31-29-27-25-23-18-16-14-12-10-8-6-4-2/h17,19,21-22,26,28,33,36,40H,3-16,18,20,23-25,27,29-32,34-35,37-39,42H2,1-2H3,(H,44,45)/b19-17-,22-21-,28-26-,36-33-/t40-/m1/s1. The number of carbonyl (C=O) groups is 1. The van der Waals surface area contributed by atoms with Gasteiger partial charge in [0.2, 0.25) is 0 Å². The lowest BCUT2D eigenvalue weighted by Crippen LogP contribution is -2.25. The predicted molar refractivity (Wildman–Crippen MR) is 210 cm³/mol. The smallest absolute Gasteiger partial charge is 0.472 e. The quantitative estimate of drug-likeness (QED) is 0.0212. The Labute approximate surface area is 307 Å². The van der Waals surface area contributed by atoms with Crippen molar-refractivity contribution in [3.05, 3.63) is 48.8 Å². The molecular weight excluding hydrogens is 649 g/mol. The normalized spacial score (nSPS) is 14.0. The first-order chi connectivity index (χ1) is 24.4. The second-order valence-electron chi connectivity index (χ2n) is 13.2. The van der Waals surface area contributed by atoms with Crippen molar-refractivity contribution in [2.75, 3.05) is 26.4 Å². The van der Waals surface area contributed by atoms with Gasteiger partial charge in [-0.15, -0.1) is 0 Å². The predicted octanol–water partition coefficient (Wildman–Crippen LogP) is 12.0. The zero-order chi connectivity index (χ0) is 36.6. The lowest BCUT2D eigenvalue weighted by atomic mass is 10.0. The molecule has 0 rings (SSSR count). The van der Waals surface area contributed by atoms with Gasteiger partial charge in [0, 0.05) is 13.0 Å². The number of hydrogen-bond donors (Lipinski definition) is 2. The van der Waals surface area contributed by atoms with Crippen LogP contribution in [0.2, 0.25) is 0 Å². The van der Waals surface area contributed by atoms with Crippen LogP contribution in [0.3, 0.4) is 0 Å². The minimum absolute atomic E-state index is 0.0906. The van der Waals surface area contributed by atoms with E-state index in [1.165, 1.54) is 116 Å². The summed E-state index contributed by atoms with van der Waals surface area (Å²) in [5, 5.41) is 0. The number of unbranched alkanes of at least 4 members (excludes halogenated alkanes) is 19. The van der Waals surface area contributed by atoms with Crippen LogP contribution >= 0.6 is 7.82 Å². The molecule has 0 saturated carbocycles. The molecule has 0 bridgehead atoms. The summed E-state index contributed by atoms with van der Waals surface area (Å²) in [6, 6.07) is 0. The van der Waals surface area contributed by atoms with Crippen LogP contribution in [0.5, 0.6) is 0 Å². The molecule has 0 aromatic heterocycles. The third-order valence-corrected chi connectivity index (χ3v) is 9.32. The first kappa shape index (κ1) is 48.3. The Hall–Kier alpha value is -1.70. The Morgan fingerprint density at radius 1 is 0.620 bits per heavy atom. The summed E-state index contributed by atoms with van der Waals surface area (Å²) >= 11 is 0. The second-order valence-corrected chi connectivity index (χ2v) is 14.7. The number of esters is 1. The fourth-order valence-corrected chi connectivity index (χ4v) is 6.06. The van der Waals surface area contributed by atoms with Crippen molar-refractivity contribution in [3.63, 3.8) is 0 Å². The highest BCUT2D eigenvalue weighted by Crippen LogP contribution is 2.43. The van der Waals surface area contributed by atoms with Crippen LogP contribution in [0.4, 0.5) is 0 Å². The van der Waals surface area contributed by atoms with Gasteiger partial charge in [-0.1, -0.05) is 153 Å². The molecule has 50 heavy (non-hydrogen) atoms. The van der Waals surface area contributed by atoms with E-state index in [9.17, 15) is 14.3 Å². The van der Waals surface area contributed by atoms with Crippen LogP contribution in [0.1, 0.15) is 174 Å². The molecule has 292 valence electrons. The maximum Gasteiger partial charge on any atom is 0.472 e. The number of hydrogen-bond acceptors (Lipinski definition) is 7. The molecule has 0 heterocycles. The molecule has 0 aromatic carbocycles. The average Bonchev–Trinajstić information content (AvgIpc) is 3.11. The Balaban J connectivity index is 4.20. The van der Waals surface area contributed by atoms with Crippen molar-refractivity contribution in [3.8, 4) is 0 Å². The van der Waals surface area contributed by atoms with Crippen LogP contribution in [-0.4, -0.2) is 43.3 Å². The van der Waals surface area contributed by atoms with E-state index in [0.717, 1.165) is 32.1 Å². The van der Waals surface area contributed by atoms with Crippen LogP contribution in [-0.2, 0) is 27.9 Å². The molecular formula is C41H76NO7P. The summed E-state index contributed by atoms with van der Waals surface area (Å²) in [6.45, 7) is 4.15. The van der Waals surface area contributed by atoms with Gasteiger partial charge in [-0.3, -0.25) is 13.8 Å². The molecule has 1 unspecified atom stereocenters. The molecule has 0 aliphatic heterocycles. The van der Waals surface area contributed by atoms with Crippen molar-refractivity contribution < 1.29 is 32.8 Å². The van der Waals surface area contributed by atoms with E-state index in [2.05, 4.69) is 50.3 Å². The van der Waals surface area contributed by atoms with Crippen molar-refractivity contribution in [2.24, 2.45) is 5.73 Å². The number of ether oxygens (including phenoxy) is 2. The van der Waals surface area contributed by atoms with Gasteiger partial charge < -0.3 is 20.1 Å². The van der Waals surface area contributed by atoms with Crippen molar-refractivity contribution in [1.82, 2.24) is 0 Å². The zero-order valence-electron chi connectivity index (χ0n) is 32.1. The van der Waals surface area contributed by atoms with Gasteiger partial charge >= 0.3 is 13.8 Å². The summed E-state index contributed by atoms with van der Waals surface area (Å²) in [5.74, 6) is -0.341. The highest BCUT2D eigenvalue weighted by atomic mass is 31.2. The van der Waals surface area contributed by atoms with Gasteiger partial charge in [-0.05, 0) is 57.4 Å². The Morgan fingerprint density at radius 3 is 1.60 bits per heavy atom.